The number of hydrogen-bond acceptors (Lipinski definition) is 6. The van der Waals surface area contributed by atoms with Crippen molar-refractivity contribution in [2.75, 3.05) is 37.7 Å². The van der Waals surface area contributed by atoms with E-state index in [9.17, 15) is 14.9 Å². The zero-order valence-corrected chi connectivity index (χ0v) is 23.6. The van der Waals surface area contributed by atoms with Crippen LogP contribution in [0.5, 0.6) is 17.2 Å². The third-order valence-corrected chi connectivity index (χ3v) is 7.18. The first kappa shape index (κ1) is 27.8. The Morgan fingerprint density at radius 3 is 2.47 bits per heavy atom. The fraction of sp³-hybridized carbons (Fsp3) is 0.269. The number of carbonyl (C=O) groups is 1. The fourth-order valence-corrected chi connectivity index (χ4v) is 4.64. The molecule has 0 spiro atoms. The largest absolute Gasteiger partial charge is 0.487 e. The van der Waals surface area contributed by atoms with E-state index in [1.54, 1.807) is 42.2 Å². The summed E-state index contributed by atoms with van der Waals surface area (Å²) in [5, 5.41) is 15.0. The molecule has 4 rings (SSSR count). The fourth-order valence-electron chi connectivity index (χ4n) is 4.01. The molecule has 1 N–H and O–H groups in total. The SMILES string of the molecule is CCOc1cc(N2CCN(C(=O)NCc3ccc(Br)cc3Oc3ccc(Cl)c(Cl)c3)CC2)ccc1[N+](=O)[O-]. The molecule has 1 heterocycles. The molecule has 12 heteroatoms. The highest BCUT2D eigenvalue weighted by Gasteiger charge is 2.24. The Bertz CT molecular complexity index is 1330. The molecule has 0 bridgehead atoms. The van der Waals surface area contributed by atoms with Gasteiger partial charge in [-0.2, -0.15) is 0 Å². The lowest BCUT2D eigenvalue weighted by Crippen LogP contribution is -2.51. The van der Waals surface area contributed by atoms with Crippen LogP contribution in [0, 0.1) is 10.1 Å². The minimum atomic E-state index is -0.455. The molecule has 0 saturated carbocycles. The molecule has 1 aliphatic heterocycles. The van der Waals surface area contributed by atoms with Gasteiger partial charge in [0, 0.05) is 66.6 Å². The summed E-state index contributed by atoms with van der Waals surface area (Å²) < 4.78 is 12.3. The maximum absolute atomic E-state index is 12.9. The molecule has 3 aromatic rings. The monoisotopic (exact) mass is 622 g/mol. The molecule has 38 heavy (non-hydrogen) atoms. The van der Waals surface area contributed by atoms with Gasteiger partial charge in [-0.3, -0.25) is 10.1 Å². The van der Waals surface area contributed by atoms with Gasteiger partial charge in [0.15, 0.2) is 5.75 Å². The van der Waals surface area contributed by atoms with Crippen LogP contribution in [-0.2, 0) is 6.54 Å². The van der Waals surface area contributed by atoms with Crippen molar-refractivity contribution >= 4 is 56.5 Å². The van der Waals surface area contributed by atoms with Gasteiger partial charge in [-0.1, -0.05) is 45.2 Å². The van der Waals surface area contributed by atoms with Crippen molar-refractivity contribution in [2.24, 2.45) is 0 Å². The second kappa shape index (κ2) is 12.6. The van der Waals surface area contributed by atoms with E-state index in [-0.39, 0.29) is 24.0 Å². The predicted molar refractivity (Wildman–Crippen MR) is 151 cm³/mol. The zero-order valence-electron chi connectivity index (χ0n) is 20.5. The molecule has 0 aliphatic carbocycles. The number of halogens is 3. The molecule has 200 valence electrons. The van der Waals surface area contributed by atoms with Gasteiger partial charge in [-0.15, -0.1) is 0 Å². The Balaban J connectivity index is 1.36. The van der Waals surface area contributed by atoms with Gasteiger partial charge in [0.2, 0.25) is 0 Å². The first-order valence-corrected chi connectivity index (χ1v) is 13.4. The van der Waals surface area contributed by atoms with Gasteiger partial charge in [-0.25, -0.2) is 4.79 Å². The van der Waals surface area contributed by atoms with Gasteiger partial charge >= 0.3 is 11.7 Å². The Kier molecular flexibility index (Phi) is 9.19. The number of nitro benzene ring substituents is 1. The van der Waals surface area contributed by atoms with Gasteiger partial charge in [0.25, 0.3) is 0 Å². The lowest BCUT2D eigenvalue weighted by Gasteiger charge is -2.36. The summed E-state index contributed by atoms with van der Waals surface area (Å²) in [7, 11) is 0. The maximum atomic E-state index is 12.9. The molecule has 0 radical (unpaired) electrons. The molecule has 0 aromatic heterocycles. The Morgan fingerprint density at radius 2 is 1.79 bits per heavy atom. The van der Waals surface area contributed by atoms with Crippen LogP contribution in [0.2, 0.25) is 10.0 Å². The second-order valence-corrected chi connectivity index (χ2v) is 10.1. The van der Waals surface area contributed by atoms with Crippen molar-refractivity contribution in [3.63, 3.8) is 0 Å². The standard InChI is InChI=1S/C26H25BrCl2N4O5/c1-2-37-25-14-19(5-8-23(25)33(35)36)31-9-11-32(12-10-31)26(34)30-16-17-3-4-18(27)13-24(17)38-20-6-7-21(28)22(29)15-20/h3-8,13-15H,2,9-12,16H2,1H3,(H,30,34). The second-order valence-electron chi connectivity index (χ2n) is 8.40. The van der Waals surface area contributed by atoms with E-state index in [2.05, 4.69) is 26.1 Å². The highest BCUT2D eigenvalue weighted by Crippen LogP contribution is 2.33. The highest BCUT2D eigenvalue weighted by atomic mass is 79.9. The number of piperazine rings is 1. The summed E-state index contributed by atoms with van der Waals surface area (Å²) in [6.07, 6.45) is 0. The normalized spacial score (nSPS) is 13.3. The first-order chi connectivity index (χ1) is 18.2. The topological polar surface area (TPSA) is 97.2 Å². The number of hydrogen-bond donors (Lipinski definition) is 1. The van der Waals surface area contributed by atoms with E-state index in [0.29, 0.717) is 54.3 Å². The van der Waals surface area contributed by atoms with Gasteiger partial charge < -0.3 is 24.6 Å². The number of anilines is 1. The van der Waals surface area contributed by atoms with Crippen molar-refractivity contribution in [1.82, 2.24) is 10.2 Å². The molecule has 1 aliphatic rings. The van der Waals surface area contributed by atoms with Gasteiger partial charge in [0.05, 0.1) is 21.6 Å². The van der Waals surface area contributed by atoms with Gasteiger partial charge in [-0.05, 0) is 37.3 Å². The maximum Gasteiger partial charge on any atom is 0.317 e. The molecule has 0 atom stereocenters. The number of nitrogens with one attached hydrogen (secondary N) is 1. The third-order valence-electron chi connectivity index (χ3n) is 5.95. The van der Waals surface area contributed by atoms with E-state index < -0.39 is 4.92 Å². The summed E-state index contributed by atoms with van der Waals surface area (Å²) in [5.74, 6) is 1.34. The van der Waals surface area contributed by atoms with Crippen molar-refractivity contribution in [2.45, 2.75) is 13.5 Å². The number of carbonyl (C=O) groups excluding carboxylic acids is 1. The molecule has 2 amide bonds. The molecular formula is C26H25BrCl2N4O5. The average Bonchev–Trinajstić information content (AvgIpc) is 2.90. The van der Waals surface area contributed by atoms with Crippen LogP contribution in [-0.4, -0.2) is 48.6 Å². The van der Waals surface area contributed by atoms with Crippen molar-refractivity contribution in [3.8, 4) is 17.2 Å². The summed E-state index contributed by atoms with van der Waals surface area (Å²) in [5.41, 5.74) is 1.54. The van der Waals surface area contributed by atoms with E-state index in [4.69, 9.17) is 32.7 Å². The van der Waals surface area contributed by atoms with E-state index in [1.807, 2.05) is 18.2 Å². The first-order valence-electron chi connectivity index (χ1n) is 11.9. The number of amides is 2. The van der Waals surface area contributed by atoms with Crippen LogP contribution in [0.3, 0.4) is 0 Å². The minimum absolute atomic E-state index is 0.0657. The smallest absolute Gasteiger partial charge is 0.317 e. The average molecular weight is 624 g/mol. The van der Waals surface area contributed by atoms with Crippen molar-refractivity contribution in [1.29, 1.82) is 0 Å². The summed E-state index contributed by atoms with van der Waals surface area (Å²) >= 11 is 15.6. The van der Waals surface area contributed by atoms with Crippen molar-refractivity contribution in [3.05, 3.63) is 84.8 Å². The minimum Gasteiger partial charge on any atom is -0.487 e. The molecule has 1 saturated heterocycles. The lowest BCUT2D eigenvalue weighted by atomic mass is 10.2. The molecule has 3 aromatic carbocycles. The summed E-state index contributed by atoms with van der Waals surface area (Å²) in [6, 6.07) is 15.2. The number of nitro groups is 1. The zero-order chi connectivity index (χ0) is 27.2. The summed E-state index contributed by atoms with van der Waals surface area (Å²) in [4.78, 5) is 27.5. The van der Waals surface area contributed by atoms with Crippen LogP contribution in [0.25, 0.3) is 0 Å². The molecule has 1 fully saturated rings. The number of rotatable bonds is 8. The molecule has 9 nitrogen and oxygen atoms in total. The Hall–Kier alpha value is -3.21. The number of urea groups is 1. The highest BCUT2D eigenvalue weighted by molar-refractivity contribution is 9.10. The predicted octanol–water partition coefficient (Wildman–Crippen LogP) is 6.89. The van der Waals surface area contributed by atoms with Crippen molar-refractivity contribution < 1.29 is 19.2 Å². The van der Waals surface area contributed by atoms with Gasteiger partial charge in [0.1, 0.15) is 11.5 Å². The van der Waals surface area contributed by atoms with Crippen LogP contribution < -0.4 is 19.7 Å². The van der Waals surface area contributed by atoms with E-state index >= 15 is 0 Å². The Morgan fingerprint density at radius 1 is 1.03 bits per heavy atom. The van der Waals surface area contributed by atoms with Crippen LogP contribution in [0.1, 0.15) is 12.5 Å². The molecule has 0 unspecified atom stereocenters. The third kappa shape index (κ3) is 6.80. The number of nitrogens with zero attached hydrogens (tertiary/aromatic N) is 3. The Labute approximate surface area is 238 Å². The number of ether oxygens (including phenoxy) is 2. The van der Waals surface area contributed by atoms with Crippen LogP contribution in [0.15, 0.2) is 59.1 Å². The van der Waals surface area contributed by atoms with E-state index in [0.717, 1.165) is 15.7 Å². The quantitative estimate of drug-likeness (QED) is 0.217. The van der Waals surface area contributed by atoms with E-state index in [1.165, 1.54) is 6.07 Å². The van der Waals surface area contributed by atoms with Crippen LogP contribution >= 0.6 is 39.1 Å². The number of benzene rings is 3. The molecular weight excluding hydrogens is 599 g/mol. The summed E-state index contributed by atoms with van der Waals surface area (Å²) in [6.45, 7) is 4.55. The van der Waals surface area contributed by atoms with Crippen LogP contribution in [0.4, 0.5) is 16.2 Å². The lowest BCUT2D eigenvalue weighted by molar-refractivity contribution is -0.385.